The normalized spacial score (nSPS) is 12.0. The molecule has 1 aliphatic rings. The molecule has 5 heteroatoms. The molecule has 146 valence electrons. The summed E-state index contributed by atoms with van der Waals surface area (Å²) in [6, 6.07) is 22.6. The van der Waals surface area contributed by atoms with E-state index in [1.165, 1.54) is 0 Å². The molecule has 3 aromatic rings. The predicted molar refractivity (Wildman–Crippen MR) is 116 cm³/mol. The number of carbonyl (C=O) groups excluding carboxylic acids is 1. The number of rotatable bonds is 4. The van der Waals surface area contributed by atoms with Crippen molar-refractivity contribution in [3.05, 3.63) is 83.9 Å². The second-order valence-electron chi connectivity index (χ2n) is 6.71. The van der Waals surface area contributed by atoms with Gasteiger partial charge in [-0.3, -0.25) is 4.79 Å². The third-order valence-corrected chi connectivity index (χ3v) is 4.89. The second kappa shape index (κ2) is 8.19. The predicted octanol–water partition coefficient (Wildman–Crippen LogP) is 5.46. The average Bonchev–Trinajstić information content (AvgIpc) is 2.92. The minimum atomic E-state index is -0.148. The maximum atomic E-state index is 12.6. The number of ether oxygens (including phenoxy) is 1. The molecule has 0 aromatic heterocycles. The number of hydrogen-bond donors (Lipinski definition) is 1. The van der Waals surface area contributed by atoms with Crippen molar-refractivity contribution in [3.8, 4) is 11.5 Å². The van der Waals surface area contributed by atoms with Crippen LogP contribution in [0.2, 0.25) is 0 Å². The Labute approximate surface area is 170 Å². The van der Waals surface area contributed by atoms with E-state index in [2.05, 4.69) is 24.1 Å². The molecule has 5 nitrogen and oxygen atoms in total. The molecule has 1 N–H and O–H groups in total. The molecule has 3 aromatic carbocycles. The van der Waals surface area contributed by atoms with E-state index in [1.54, 1.807) is 12.1 Å². The Morgan fingerprint density at radius 2 is 1.66 bits per heavy atom. The summed E-state index contributed by atoms with van der Waals surface area (Å²) in [6.07, 6.45) is 0. The first-order valence-corrected chi connectivity index (χ1v) is 9.81. The molecular weight excluding hydrogens is 362 g/mol. The van der Waals surface area contributed by atoms with Crippen molar-refractivity contribution in [2.24, 2.45) is 4.99 Å². The van der Waals surface area contributed by atoms with Crippen LogP contribution in [0.5, 0.6) is 11.5 Å². The first kappa shape index (κ1) is 18.7. The molecule has 1 heterocycles. The lowest BCUT2D eigenvalue weighted by Gasteiger charge is -2.23. The van der Waals surface area contributed by atoms with Gasteiger partial charge in [-0.05, 0) is 56.3 Å². The van der Waals surface area contributed by atoms with Crippen molar-refractivity contribution in [1.82, 2.24) is 4.90 Å². The number of hydrogen-bond acceptors (Lipinski definition) is 4. The van der Waals surface area contributed by atoms with Crippen LogP contribution in [0, 0.1) is 0 Å². The topological polar surface area (TPSA) is 53.9 Å². The summed E-state index contributed by atoms with van der Waals surface area (Å²) >= 11 is 0. The van der Waals surface area contributed by atoms with Crippen molar-refractivity contribution in [2.75, 3.05) is 18.4 Å². The molecule has 0 fully saturated rings. The molecule has 0 saturated carbocycles. The summed E-state index contributed by atoms with van der Waals surface area (Å²) in [7, 11) is 0. The van der Waals surface area contributed by atoms with Gasteiger partial charge in [-0.2, -0.15) is 0 Å². The maximum Gasteiger partial charge on any atom is 0.255 e. The molecule has 0 bridgehead atoms. The first-order valence-electron chi connectivity index (χ1n) is 9.81. The van der Waals surface area contributed by atoms with Gasteiger partial charge in [-0.1, -0.05) is 30.3 Å². The van der Waals surface area contributed by atoms with E-state index in [0.29, 0.717) is 11.3 Å². The number of carbonyl (C=O) groups is 1. The second-order valence-corrected chi connectivity index (χ2v) is 6.71. The standard InChI is InChI=1S/C24H23N3O2/c1-3-27(4-2)23-19-16-18(25-24(28)17-10-6-5-7-11-17)14-15-21(19)29-22-13-9-8-12-20(22)26-23/h5-16H,3-4H2,1-2H3,(H,25,28). The Kier molecular flexibility index (Phi) is 5.29. The fraction of sp³-hybridized carbons (Fsp3) is 0.167. The summed E-state index contributed by atoms with van der Waals surface area (Å²) in [6.45, 7) is 5.84. The van der Waals surface area contributed by atoms with Crippen LogP contribution in [0.3, 0.4) is 0 Å². The highest BCUT2D eigenvalue weighted by Gasteiger charge is 2.22. The minimum Gasteiger partial charge on any atom is -0.454 e. The van der Waals surface area contributed by atoms with Crippen LogP contribution in [0.15, 0.2) is 77.8 Å². The van der Waals surface area contributed by atoms with Gasteiger partial charge < -0.3 is 15.0 Å². The smallest absolute Gasteiger partial charge is 0.255 e. The van der Waals surface area contributed by atoms with Gasteiger partial charge in [0.2, 0.25) is 0 Å². The molecule has 0 saturated heterocycles. The zero-order valence-corrected chi connectivity index (χ0v) is 16.6. The Morgan fingerprint density at radius 1 is 0.931 bits per heavy atom. The number of benzene rings is 3. The maximum absolute atomic E-state index is 12.6. The van der Waals surface area contributed by atoms with Crippen molar-refractivity contribution in [1.29, 1.82) is 0 Å². The Hall–Kier alpha value is -3.60. The van der Waals surface area contributed by atoms with E-state index < -0.39 is 0 Å². The van der Waals surface area contributed by atoms with Gasteiger partial charge in [0, 0.05) is 24.3 Å². The number of nitrogens with one attached hydrogen (secondary N) is 1. The lowest BCUT2D eigenvalue weighted by Crippen LogP contribution is -2.31. The lowest BCUT2D eigenvalue weighted by atomic mass is 10.1. The molecule has 0 unspecified atom stereocenters. The number of anilines is 1. The molecule has 1 aliphatic heterocycles. The molecule has 0 aliphatic carbocycles. The van der Waals surface area contributed by atoms with Crippen LogP contribution >= 0.6 is 0 Å². The monoisotopic (exact) mass is 385 g/mol. The van der Waals surface area contributed by atoms with E-state index in [1.807, 2.05) is 60.7 Å². The van der Waals surface area contributed by atoms with E-state index >= 15 is 0 Å². The number of nitrogens with zero attached hydrogens (tertiary/aromatic N) is 2. The Morgan fingerprint density at radius 3 is 2.41 bits per heavy atom. The van der Waals surface area contributed by atoms with Gasteiger partial charge in [-0.15, -0.1) is 0 Å². The van der Waals surface area contributed by atoms with Gasteiger partial charge in [-0.25, -0.2) is 4.99 Å². The summed E-state index contributed by atoms with van der Waals surface area (Å²) in [5.74, 6) is 2.13. The molecule has 0 spiro atoms. The van der Waals surface area contributed by atoms with Gasteiger partial charge in [0.15, 0.2) is 5.75 Å². The largest absolute Gasteiger partial charge is 0.454 e. The van der Waals surface area contributed by atoms with Gasteiger partial charge in [0.05, 0.1) is 5.56 Å². The highest BCUT2D eigenvalue weighted by atomic mass is 16.5. The van der Waals surface area contributed by atoms with E-state index in [4.69, 9.17) is 9.73 Å². The van der Waals surface area contributed by atoms with Gasteiger partial charge >= 0.3 is 0 Å². The number of para-hydroxylation sites is 2. The molecule has 29 heavy (non-hydrogen) atoms. The fourth-order valence-corrected chi connectivity index (χ4v) is 3.36. The van der Waals surface area contributed by atoms with Crippen LogP contribution in [-0.2, 0) is 0 Å². The average molecular weight is 385 g/mol. The van der Waals surface area contributed by atoms with E-state index in [-0.39, 0.29) is 5.91 Å². The fourth-order valence-electron chi connectivity index (χ4n) is 3.36. The van der Waals surface area contributed by atoms with Crippen LogP contribution in [0.25, 0.3) is 0 Å². The minimum absolute atomic E-state index is 0.148. The van der Waals surface area contributed by atoms with Crippen LogP contribution in [-0.4, -0.2) is 29.7 Å². The molecule has 0 radical (unpaired) electrons. The third-order valence-electron chi connectivity index (χ3n) is 4.89. The van der Waals surface area contributed by atoms with Crippen molar-refractivity contribution >= 4 is 23.1 Å². The summed E-state index contributed by atoms with van der Waals surface area (Å²) in [5, 5.41) is 2.98. The Balaban J connectivity index is 1.75. The zero-order chi connectivity index (χ0) is 20.2. The Bertz CT molecular complexity index is 1060. The van der Waals surface area contributed by atoms with Crippen LogP contribution in [0.4, 0.5) is 11.4 Å². The summed E-state index contributed by atoms with van der Waals surface area (Å²) in [5.41, 5.74) is 2.96. The highest BCUT2D eigenvalue weighted by molar-refractivity contribution is 6.07. The summed E-state index contributed by atoms with van der Waals surface area (Å²) < 4.78 is 6.16. The van der Waals surface area contributed by atoms with Crippen molar-refractivity contribution in [3.63, 3.8) is 0 Å². The highest BCUT2D eigenvalue weighted by Crippen LogP contribution is 2.38. The number of aliphatic imine (C=N–C) groups is 1. The number of amidine groups is 1. The lowest BCUT2D eigenvalue weighted by molar-refractivity contribution is 0.102. The van der Waals surface area contributed by atoms with E-state index in [9.17, 15) is 4.79 Å². The van der Waals surface area contributed by atoms with Gasteiger partial charge in [0.1, 0.15) is 17.3 Å². The number of amides is 1. The van der Waals surface area contributed by atoms with Crippen molar-refractivity contribution < 1.29 is 9.53 Å². The molecule has 1 amide bonds. The number of fused-ring (bicyclic) bond motifs is 2. The molecule has 0 atom stereocenters. The molecule has 4 rings (SSSR count). The SMILES string of the molecule is CCN(CC)C1=Nc2ccccc2Oc2ccc(NC(=O)c3ccccc3)cc21. The quantitative estimate of drug-likeness (QED) is 0.648. The van der Waals surface area contributed by atoms with Crippen molar-refractivity contribution in [2.45, 2.75) is 13.8 Å². The van der Waals surface area contributed by atoms with Crippen LogP contribution < -0.4 is 10.1 Å². The van der Waals surface area contributed by atoms with Crippen LogP contribution in [0.1, 0.15) is 29.8 Å². The van der Waals surface area contributed by atoms with E-state index in [0.717, 1.165) is 41.7 Å². The first-order chi connectivity index (χ1) is 14.2. The molecular formula is C24H23N3O2. The zero-order valence-electron chi connectivity index (χ0n) is 16.6. The van der Waals surface area contributed by atoms with Gasteiger partial charge in [0.25, 0.3) is 5.91 Å². The summed E-state index contributed by atoms with van der Waals surface area (Å²) in [4.78, 5) is 19.7. The third kappa shape index (κ3) is 3.85.